The van der Waals surface area contributed by atoms with E-state index in [-0.39, 0.29) is 24.0 Å². The largest absolute Gasteiger partial charge is 0.433 e. The molecular formula is C17H20ClF3N4O. The van der Waals surface area contributed by atoms with E-state index in [1.165, 1.54) is 12.1 Å². The molecule has 1 aromatic carbocycles. The zero-order valence-electron chi connectivity index (χ0n) is 14.2. The Morgan fingerprint density at radius 2 is 1.92 bits per heavy atom. The summed E-state index contributed by atoms with van der Waals surface area (Å²) in [6.07, 6.45) is -1.69. The van der Waals surface area contributed by atoms with E-state index in [4.69, 9.17) is 0 Å². The summed E-state index contributed by atoms with van der Waals surface area (Å²) >= 11 is 0. The van der Waals surface area contributed by atoms with Crippen LogP contribution in [0.3, 0.4) is 0 Å². The first-order chi connectivity index (χ1) is 11.9. The van der Waals surface area contributed by atoms with Crippen LogP contribution in [-0.4, -0.2) is 46.8 Å². The number of rotatable bonds is 3. The molecule has 1 aromatic heterocycles. The molecule has 1 aliphatic rings. The highest BCUT2D eigenvalue weighted by Crippen LogP contribution is 2.30. The van der Waals surface area contributed by atoms with E-state index < -0.39 is 11.9 Å². The van der Waals surface area contributed by atoms with Crippen molar-refractivity contribution in [1.82, 2.24) is 20.0 Å². The first-order valence-electron chi connectivity index (χ1n) is 8.08. The number of nitrogens with one attached hydrogen (secondary N) is 1. The average molecular weight is 389 g/mol. The molecule has 0 aliphatic carbocycles. The summed E-state index contributed by atoms with van der Waals surface area (Å²) in [6.45, 7) is 1.26. The smallest absolute Gasteiger partial charge is 0.339 e. The number of hydrogen-bond acceptors (Lipinski definition) is 3. The lowest BCUT2D eigenvalue weighted by atomic mass is 10.0. The first-order valence-corrected chi connectivity index (χ1v) is 8.08. The minimum atomic E-state index is -4.51. The van der Waals surface area contributed by atoms with Gasteiger partial charge in [0, 0.05) is 24.7 Å². The van der Waals surface area contributed by atoms with Crippen LogP contribution >= 0.6 is 12.4 Å². The highest BCUT2D eigenvalue weighted by Gasteiger charge is 2.35. The predicted molar refractivity (Wildman–Crippen MR) is 93.8 cm³/mol. The number of carbonyl (C=O) groups is 1. The maximum absolute atomic E-state index is 13.0. The molecule has 9 heteroatoms. The predicted octanol–water partition coefficient (Wildman–Crippen LogP) is 3.14. The summed E-state index contributed by atoms with van der Waals surface area (Å²) in [7, 11) is 1.90. The van der Waals surface area contributed by atoms with Crippen LogP contribution < -0.4 is 5.32 Å². The Hall–Kier alpha value is -2.06. The molecule has 1 aliphatic heterocycles. The molecule has 5 nitrogen and oxygen atoms in total. The second-order valence-corrected chi connectivity index (χ2v) is 6.03. The number of likely N-dealkylation sites (tertiary alicyclic amines) is 1. The fraction of sp³-hybridized carbons (Fsp3) is 0.412. The Bertz CT molecular complexity index is 754. The van der Waals surface area contributed by atoms with Gasteiger partial charge in [-0.1, -0.05) is 6.07 Å². The van der Waals surface area contributed by atoms with Crippen molar-refractivity contribution < 1.29 is 18.0 Å². The van der Waals surface area contributed by atoms with E-state index in [1.807, 2.05) is 7.05 Å². The summed E-state index contributed by atoms with van der Waals surface area (Å²) in [6, 6.07) is 7.46. The molecule has 26 heavy (non-hydrogen) atoms. The van der Waals surface area contributed by atoms with E-state index in [2.05, 4.69) is 10.4 Å². The van der Waals surface area contributed by atoms with Crippen LogP contribution in [0, 0.1) is 0 Å². The van der Waals surface area contributed by atoms with E-state index in [0.29, 0.717) is 24.7 Å². The van der Waals surface area contributed by atoms with Gasteiger partial charge in [0.2, 0.25) is 0 Å². The normalized spacial score (nSPS) is 15.6. The fourth-order valence-corrected chi connectivity index (χ4v) is 3.05. The minimum absolute atomic E-state index is 0. The van der Waals surface area contributed by atoms with Gasteiger partial charge in [-0.05, 0) is 44.2 Å². The van der Waals surface area contributed by atoms with Crippen LogP contribution in [0.1, 0.15) is 28.9 Å². The van der Waals surface area contributed by atoms with Crippen molar-refractivity contribution >= 4 is 18.3 Å². The molecule has 2 heterocycles. The van der Waals surface area contributed by atoms with E-state index >= 15 is 0 Å². The minimum Gasteiger partial charge on any atom is -0.339 e. The lowest BCUT2D eigenvalue weighted by molar-refractivity contribution is -0.142. The number of hydrogen-bond donors (Lipinski definition) is 1. The monoisotopic (exact) mass is 388 g/mol. The topological polar surface area (TPSA) is 50.2 Å². The molecule has 2 aromatic rings. The Labute approximate surface area is 155 Å². The summed E-state index contributed by atoms with van der Waals surface area (Å²) < 4.78 is 39.9. The lowest BCUT2D eigenvalue weighted by Crippen LogP contribution is -2.43. The van der Waals surface area contributed by atoms with Gasteiger partial charge < -0.3 is 10.2 Å². The molecule has 0 atom stereocenters. The Balaban J connectivity index is 0.00000243. The summed E-state index contributed by atoms with van der Waals surface area (Å²) in [5.74, 6) is -0.169. The SMILES string of the molecule is CNC1CCN(C(=O)c2cccc(-n3nccc3C(F)(F)F)c2)CC1.Cl. The van der Waals surface area contributed by atoms with Crippen LogP contribution in [0.25, 0.3) is 5.69 Å². The number of nitrogens with zero attached hydrogens (tertiary/aromatic N) is 3. The molecule has 0 radical (unpaired) electrons. The Morgan fingerprint density at radius 1 is 1.23 bits per heavy atom. The van der Waals surface area contributed by atoms with Crippen LogP contribution in [-0.2, 0) is 6.18 Å². The molecule has 3 rings (SSSR count). The Kier molecular flexibility index (Phi) is 6.30. The van der Waals surface area contributed by atoms with Gasteiger partial charge in [0.25, 0.3) is 5.91 Å². The van der Waals surface area contributed by atoms with E-state index in [9.17, 15) is 18.0 Å². The third kappa shape index (κ3) is 4.19. The third-order valence-electron chi connectivity index (χ3n) is 4.46. The number of alkyl halides is 3. The van der Waals surface area contributed by atoms with E-state index in [1.54, 1.807) is 17.0 Å². The van der Waals surface area contributed by atoms with Crippen LogP contribution in [0.5, 0.6) is 0 Å². The number of halogens is 4. The molecule has 0 saturated carbocycles. The summed E-state index contributed by atoms with van der Waals surface area (Å²) in [5, 5.41) is 6.95. The zero-order chi connectivity index (χ0) is 18.0. The molecule has 1 N–H and O–H groups in total. The number of aromatic nitrogens is 2. The van der Waals surface area contributed by atoms with Crippen LogP contribution in [0.2, 0.25) is 0 Å². The maximum atomic E-state index is 13.0. The third-order valence-corrected chi connectivity index (χ3v) is 4.46. The van der Waals surface area contributed by atoms with Gasteiger partial charge in [-0.25, -0.2) is 4.68 Å². The first kappa shape index (κ1) is 20.3. The summed E-state index contributed by atoms with van der Waals surface area (Å²) in [4.78, 5) is 14.4. The number of carbonyl (C=O) groups excluding carboxylic acids is 1. The van der Waals surface area contributed by atoms with Gasteiger partial charge in [0.15, 0.2) is 0 Å². The zero-order valence-corrected chi connectivity index (χ0v) is 15.0. The molecule has 142 valence electrons. The standard InChI is InChI=1S/C17H19F3N4O.ClH/c1-21-13-6-9-23(10-7-13)16(25)12-3-2-4-14(11-12)24-15(5-8-22-24)17(18,19)20;/h2-5,8,11,13,21H,6-7,9-10H2,1H3;1H. The average Bonchev–Trinajstić information content (AvgIpc) is 3.11. The van der Waals surface area contributed by atoms with Gasteiger partial charge >= 0.3 is 6.18 Å². The number of benzene rings is 1. The van der Waals surface area contributed by atoms with Gasteiger partial charge in [0.1, 0.15) is 5.69 Å². The van der Waals surface area contributed by atoms with Crippen molar-refractivity contribution in [1.29, 1.82) is 0 Å². The fourth-order valence-electron chi connectivity index (χ4n) is 3.05. The second kappa shape index (κ2) is 8.09. The van der Waals surface area contributed by atoms with Gasteiger partial charge in [-0.3, -0.25) is 4.79 Å². The molecule has 0 spiro atoms. The highest BCUT2D eigenvalue weighted by molar-refractivity contribution is 5.94. The molecule has 0 unspecified atom stereocenters. The van der Waals surface area contributed by atoms with Crippen LogP contribution in [0.15, 0.2) is 36.5 Å². The highest BCUT2D eigenvalue weighted by atomic mass is 35.5. The number of amides is 1. The molecular weight excluding hydrogens is 369 g/mol. The summed E-state index contributed by atoms with van der Waals surface area (Å²) in [5.41, 5.74) is -0.288. The van der Waals surface area contributed by atoms with Crippen molar-refractivity contribution in [3.8, 4) is 5.69 Å². The second-order valence-electron chi connectivity index (χ2n) is 6.03. The van der Waals surface area contributed by atoms with Crippen molar-refractivity contribution in [2.75, 3.05) is 20.1 Å². The van der Waals surface area contributed by atoms with Gasteiger partial charge in [-0.2, -0.15) is 18.3 Å². The number of piperidine rings is 1. The molecule has 0 bridgehead atoms. The van der Waals surface area contributed by atoms with Crippen molar-refractivity contribution in [2.45, 2.75) is 25.1 Å². The van der Waals surface area contributed by atoms with Crippen molar-refractivity contribution in [3.05, 3.63) is 47.8 Å². The van der Waals surface area contributed by atoms with Crippen LogP contribution in [0.4, 0.5) is 13.2 Å². The van der Waals surface area contributed by atoms with Crippen molar-refractivity contribution in [3.63, 3.8) is 0 Å². The van der Waals surface area contributed by atoms with Gasteiger partial charge in [0.05, 0.1) is 11.9 Å². The van der Waals surface area contributed by atoms with Gasteiger partial charge in [-0.15, -0.1) is 12.4 Å². The van der Waals surface area contributed by atoms with E-state index in [0.717, 1.165) is 29.8 Å². The molecule has 1 fully saturated rings. The quantitative estimate of drug-likeness (QED) is 0.878. The lowest BCUT2D eigenvalue weighted by Gasteiger charge is -2.32. The Morgan fingerprint density at radius 3 is 2.54 bits per heavy atom. The molecule has 1 saturated heterocycles. The van der Waals surface area contributed by atoms with Crippen molar-refractivity contribution in [2.24, 2.45) is 0 Å². The maximum Gasteiger partial charge on any atom is 0.433 e. The molecule has 1 amide bonds.